The number of carbonyl (C=O) groups is 1. The minimum Gasteiger partial charge on any atom is -0.465 e. The van der Waals surface area contributed by atoms with Crippen molar-refractivity contribution in [2.24, 2.45) is 0 Å². The molecule has 0 bridgehead atoms. The van der Waals surface area contributed by atoms with Gasteiger partial charge in [-0.05, 0) is 29.8 Å². The lowest BCUT2D eigenvalue weighted by Gasteiger charge is -2.04. The zero-order valence-corrected chi connectivity index (χ0v) is 11.0. The minimum absolute atomic E-state index is 0.0196. The zero-order valence-electron chi connectivity index (χ0n) is 10.2. The highest BCUT2D eigenvalue weighted by Crippen LogP contribution is 2.30. The highest BCUT2D eigenvalue weighted by Gasteiger charge is 2.20. The number of hydrogen-bond donors (Lipinski definition) is 0. The Morgan fingerprint density at radius 3 is 2.75 bits per heavy atom. The third-order valence-electron chi connectivity index (χ3n) is 2.52. The second-order valence-electron chi connectivity index (χ2n) is 3.69. The number of nitro benzene ring substituents is 1. The normalized spacial score (nSPS) is 10.1. The van der Waals surface area contributed by atoms with E-state index in [2.05, 4.69) is 14.7 Å². The van der Waals surface area contributed by atoms with Gasteiger partial charge in [0.05, 0.1) is 28.9 Å². The Hall–Kier alpha value is -2.54. The van der Waals surface area contributed by atoms with E-state index in [1.54, 1.807) is 0 Å². The monoisotopic (exact) mass is 293 g/mol. The minimum atomic E-state index is -0.652. The molecule has 1 aromatic heterocycles. The first-order valence-electron chi connectivity index (χ1n) is 5.38. The molecule has 0 saturated carbocycles. The van der Waals surface area contributed by atoms with Crippen molar-refractivity contribution in [1.82, 2.24) is 9.97 Å². The van der Waals surface area contributed by atoms with Crippen LogP contribution in [0.1, 0.15) is 10.4 Å². The Bertz CT molecular complexity index is 690. The molecule has 0 N–H and O–H groups in total. The molecular formula is C12H8ClN3O4. The number of esters is 1. The summed E-state index contributed by atoms with van der Waals surface area (Å²) in [6.07, 6.45) is 1.39. The summed E-state index contributed by atoms with van der Waals surface area (Å²) < 4.78 is 4.53. The molecule has 0 radical (unpaired) electrons. The number of aromatic nitrogens is 2. The maximum absolute atomic E-state index is 11.4. The Balaban J connectivity index is 2.59. The van der Waals surface area contributed by atoms with Crippen LogP contribution in [-0.4, -0.2) is 28.0 Å². The van der Waals surface area contributed by atoms with Crippen LogP contribution in [-0.2, 0) is 4.74 Å². The summed E-state index contributed by atoms with van der Waals surface area (Å²) >= 11 is 5.66. The molecule has 1 heterocycles. The van der Waals surface area contributed by atoms with Crippen molar-refractivity contribution in [2.75, 3.05) is 7.11 Å². The van der Waals surface area contributed by atoms with Gasteiger partial charge < -0.3 is 4.74 Å². The van der Waals surface area contributed by atoms with Crippen molar-refractivity contribution in [3.63, 3.8) is 0 Å². The van der Waals surface area contributed by atoms with Crippen molar-refractivity contribution >= 4 is 23.3 Å². The molecule has 1 aromatic carbocycles. The van der Waals surface area contributed by atoms with E-state index < -0.39 is 10.9 Å². The van der Waals surface area contributed by atoms with Gasteiger partial charge in [0.2, 0.25) is 5.28 Å². The van der Waals surface area contributed by atoms with Crippen LogP contribution in [0.3, 0.4) is 0 Å². The molecule has 2 aromatic rings. The first-order valence-corrected chi connectivity index (χ1v) is 5.76. The largest absolute Gasteiger partial charge is 0.465 e. The van der Waals surface area contributed by atoms with E-state index in [0.29, 0.717) is 5.69 Å². The number of nitro groups is 1. The van der Waals surface area contributed by atoms with Crippen LogP contribution < -0.4 is 0 Å². The average Bonchev–Trinajstić information content (AvgIpc) is 2.45. The Labute approximate surface area is 118 Å². The van der Waals surface area contributed by atoms with Crippen LogP contribution in [0.2, 0.25) is 5.28 Å². The standard InChI is InChI=1S/C12H8ClN3O4/c1-20-11(17)7-2-3-8(10(6-7)16(18)19)9-4-5-14-12(13)15-9/h2-6H,1H3. The number of benzene rings is 1. The molecule has 0 spiro atoms. The fourth-order valence-electron chi connectivity index (χ4n) is 1.63. The van der Waals surface area contributed by atoms with Crippen molar-refractivity contribution in [2.45, 2.75) is 0 Å². The smallest absolute Gasteiger partial charge is 0.338 e. The van der Waals surface area contributed by atoms with Crippen molar-refractivity contribution < 1.29 is 14.5 Å². The molecule has 0 amide bonds. The first-order chi connectivity index (χ1) is 9.52. The molecule has 0 aliphatic carbocycles. The molecule has 0 atom stereocenters. The molecule has 0 fully saturated rings. The summed E-state index contributed by atoms with van der Waals surface area (Å²) in [7, 11) is 1.20. The molecule has 0 saturated heterocycles. The van der Waals surface area contributed by atoms with E-state index in [1.807, 2.05) is 0 Å². The number of hydrogen-bond acceptors (Lipinski definition) is 6. The summed E-state index contributed by atoms with van der Waals surface area (Å²) in [5.74, 6) is -0.652. The van der Waals surface area contributed by atoms with Crippen LogP contribution in [0.5, 0.6) is 0 Å². The van der Waals surface area contributed by atoms with Crippen LogP contribution in [0.4, 0.5) is 5.69 Å². The molecule has 0 unspecified atom stereocenters. The van der Waals surface area contributed by atoms with Gasteiger partial charge in [-0.15, -0.1) is 0 Å². The van der Waals surface area contributed by atoms with Crippen LogP contribution >= 0.6 is 11.6 Å². The molecule has 8 heteroatoms. The number of halogens is 1. The highest BCUT2D eigenvalue weighted by molar-refractivity contribution is 6.28. The summed E-state index contributed by atoms with van der Waals surface area (Å²) in [5.41, 5.74) is 0.367. The summed E-state index contributed by atoms with van der Waals surface area (Å²) in [6, 6.07) is 5.47. The van der Waals surface area contributed by atoms with E-state index in [9.17, 15) is 14.9 Å². The number of carbonyl (C=O) groups excluding carboxylic acids is 1. The Kier molecular flexibility index (Phi) is 3.90. The Morgan fingerprint density at radius 2 is 2.15 bits per heavy atom. The molecule has 102 valence electrons. The number of rotatable bonds is 3. The van der Waals surface area contributed by atoms with Crippen molar-refractivity contribution in [3.05, 3.63) is 51.4 Å². The quantitative estimate of drug-likeness (QED) is 0.373. The highest BCUT2D eigenvalue weighted by atomic mass is 35.5. The lowest BCUT2D eigenvalue weighted by Crippen LogP contribution is -2.03. The van der Waals surface area contributed by atoms with E-state index in [0.717, 1.165) is 6.07 Å². The molecule has 7 nitrogen and oxygen atoms in total. The first kappa shape index (κ1) is 13.9. The molecule has 0 aliphatic heterocycles. The van der Waals surface area contributed by atoms with Crippen LogP contribution in [0, 0.1) is 10.1 Å². The number of ether oxygens (including phenoxy) is 1. The van der Waals surface area contributed by atoms with Gasteiger partial charge in [0.25, 0.3) is 5.69 Å². The fourth-order valence-corrected chi connectivity index (χ4v) is 1.78. The predicted molar refractivity (Wildman–Crippen MR) is 70.5 cm³/mol. The summed E-state index contributed by atoms with van der Waals surface area (Å²) in [5, 5.41) is 11.1. The van der Waals surface area contributed by atoms with Gasteiger partial charge >= 0.3 is 5.97 Å². The van der Waals surface area contributed by atoms with Crippen LogP contribution in [0.15, 0.2) is 30.5 Å². The second-order valence-corrected chi connectivity index (χ2v) is 4.03. The second kappa shape index (κ2) is 5.62. The molecule has 2 rings (SSSR count). The lowest BCUT2D eigenvalue weighted by atomic mass is 10.1. The topological polar surface area (TPSA) is 95.2 Å². The van der Waals surface area contributed by atoms with Gasteiger partial charge in [-0.25, -0.2) is 14.8 Å². The van der Waals surface area contributed by atoms with Gasteiger partial charge in [0.1, 0.15) is 0 Å². The molecular weight excluding hydrogens is 286 g/mol. The Morgan fingerprint density at radius 1 is 1.40 bits per heavy atom. The SMILES string of the molecule is COC(=O)c1ccc(-c2ccnc(Cl)n2)c([N+](=O)[O-])c1. The zero-order chi connectivity index (χ0) is 14.7. The summed E-state index contributed by atoms with van der Waals surface area (Å²) in [4.78, 5) is 29.5. The van der Waals surface area contributed by atoms with Gasteiger partial charge in [-0.3, -0.25) is 10.1 Å². The van der Waals surface area contributed by atoms with Crippen molar-refractivity contribution in [3.8, 4) is 11.3 Å². The van der Waals surface area contributed by atoms with E-state index in [4.69, 9.17) is 11.6 Å². The number of nitrogens with zero attached hydrogens (tertiary/aromatic N) is 3. The summed E-state index contributed by atoms with van der Waals surface area (Å²) in [6.45, 7) is 0. The van der Waals surface area contributed by atoms with Gasteiger partial charge in [-0.2, -0.15) is 0 Å². The van der Waals surface area contributed by atoms with Gasteiger partial charge in [-0.1, -0.05) is 0 Å². The third kappa shape index (κ3) is 2.72. The maximum Gasteiger partial charge on any atom is 0.338 e. The van der Waals surface area contributed by atoms with Gasteiger partial charge in [0, 0.05) is 12.3 Å². The van der Waals surface area contributed by atoms with E-state index in [1.165, 1.54) is 31.5 Å². The molecule has 0 aliphatic rings. The average molecular weight is 294 g/mol. The molecule has 20 heavy (non-hydrogen) atoms. The van der Waals surface area contributed by atoms with Gasteiger partial charge in [0.15, 0.2) is 0 Å². The van der Waals surface area contributed by atoms with Crippen LogP contribution in [0.25, 0.3) is 11.3 Å². The van der Waals surface area contributed by atoms with E-state index in [-0.39, 0.29) is 22.1 Å². The lowest BCUT2D eigenvalue weighted by molar-refractivity contribution is -0.384. The predicted octanol–water partition coefficient (Wildman–Crippen LogP) is 2.49. The maximum atomic E-state index is 11.4. The van der Waals surface area contributed by atoms with E-state index >= 15 is 0 Å². The number of methoxy groups -OCH3 is 1. The van der Waals surface area contributed by atoms with Crippen molar-refractivity contribution in [1.29, 1.82) is 0 Å². The third-order valence-corrected chi connectivity index (χ3v) is 2.70. The fraction of sp³-hybridized carbons (Fsp3) is 0.0833.